The van der Waals surface area contributed by atoms with E-state index in [1.165, 1.54) is 18.2 Å². The van der Waals surface area contributed by atoms with E-state index < -0.39 is 39.5 Å². The van der Waals surface area contributed by atoms with E-state index >= 15 is 0 Å². The van der Waals surface area contributed by atoms with E-state index in [0.29, 0.717) is 36.4 Å². The van der Waals surface area contributed by atoms with Crippen molar-refractivity contribution in [3.05, 3.63) is 71.7 Å². The van der Waals surface area contributed by atoms with Gasteiger partial charge in [0.05, 0.1) is 35.0 Å². The summed E-state index contributed by atoms with van der Waals surface area (Å²) in [5.74, 6) is -0.965. The zero-order valence-electron chi connectivity index (χ0n) is 21.8. The van der Waals surface area contributed by atoms with Crippen LogP contribution < -0.4 is 10.1 Å². The van der Waals surface area contributed by atoms with E-state index in [9.17, 15) is 30.8 Å². The lowest BCUT2D eigenvalue weighted by Gasteiger charge is -2.23. The third kappa shape index (κ3) is 6.94. The van der Waals surface area contributed by atoms with Gasteiger partial charge in [-0.2, -0.15) is 27.4 Å². The minimum Gasteiger partial charge on any atom is -0.463 e. The number of amides is 1. The standard InChI is InChI=1S/C27H28F4N4O4S/c1-17(2)16-39-26-33-21(14-23(34-26)18-5-7-19(8-6-18)27(29,30)31)15-32-25(36)24-4-3-13-35(24)40(37,38)22-11-9-20(28)10-12-22/h5-12,14,17,24H,3-4,13,15-16H2,1-2H3,(H,32,36). The molecule has 0 saturated carbocycles. The largest absolute Gasteiger partial charge is 0.463 e. The number of hydrogen-bond acceptors (Lipinski definition) is 6. The predicted molar refractivity (Wildman–Crippen MR) is 138 cm³/mol. The van der Waals surface area contributed by atoms with Gasteiger partial charge in [0.15, 0.2) is 0 Å². The second-order valence-corrected chi connectivity index (χ2v) is 11.6. The molecule has 4 rings (SSSR count). The average Bonchev–Trinajstić information content (AvgIpc) is 3.42. The lowest BCUT2D eigenvalue weighted by molar-refractivity contribution is -0.137. The van der Waals surface area contributed by atoms with Crippen LogP contribution in [0.3, 0.4) is 0 Å². The van der Waals surface area contributed by atoms with Crippen molar-refractivity contribution < 1.29 is 35.5 Å². The molecule has 8 nitrogen and oxygen atoms in total. The fourth-order valence-electron chi connectivity index (χ4n) is 4.17. The molecule has 1 aliphatic rings. The maximum absolute atomic E-state index is 13.3. The Hall–Kier alpha value is -3.58. The number of carbonyl (C=O) groups is 1. The summed E-state index contributed by atoms with van der Waals surface area (Å²) in [7, 11) is -4.03. The summed E-state index contributed by atoms with van der Waals surface area (Å²) in [4.78, 5) is 21.6. The van der Waals surface area contributed by atoms with Gasteiger partial charge in [-0.15, -0.1) is 0 Å². The van der Waals surface area contributed by atoms with Gasteiger partial charge >= 0.3 is 12.2 Å². The first-order valence-corrected chi connectivity index (χ1v) is 14.0. The van der Waals surface area contributed by atoms with E-state index in [4.69, 9.17) is 4.74 Å². The van der Waals surface area contributed by atoms with Crippen molar-refractivity contribution in [1.29, 1.82) is 0 Å². The van der Waals surface area contributed by atoms with Crippen LogP contribution in [-0.4, -0.2) is 47.8 Å². The quantitative estimate of drug-likeness (QED) is 0.365. The Morgan fingerprint density at radius 2 is 1.77 bits per heavy atom. The molecule has 1 N–H and O–H groups in total. The molecule has 1 fully saturated rings. The molecule has 2 aromatic carbocycles. The molecule has 3 aromatic rings. The maximum atomic E-state index is 13.3. The number of carbonyl (C=O) groups excluding carboxylic acids is 1. The summed E-state index contributed by atoms with van der Waals surface area (Å²) in [5.41, 5.74) is 0.214. The van der Waals surface area contributed by atoms with E-state index in [2.05, 4.69) is 15.3 Å². The number of benzene rings is 2. The van der Waals surface area contributed by atoms with Crippen molar-refractivity contribution in [2.24, 2.45) is 5.92 Å². The van der Waals surface area contributed by atoms with Crippen molar-refractivity contribution in [2.45, 2.75) is 50.3 Å². The highest BCUT2D eigenvalue weighted by Gasteiger charge is 2.39. The van der Waals surface area contributed by atoms with Crippen LogP contribution in [0.4, 0.5) is 17.6 Å². The monoisotopic (exact) mass is 580 g/mol. The normalized spacial score (nSPS) is 16.3. The molecule has 2 heterocycles. The SMILES string of the molecule is CC(C)COc1nc(CNC(=O)C2CCCN2S(=O)(=O)c2ccc(F)cc2)cc(-c2ccc(C(F)(F)F)cc2)n1. The predicted octanol–water partition coefficient (Wildman–Crippen LogP) is 4.81. The molecular weight excluding hydrogens is 552 g/mol. The first-order chi connectivity index (χ1) is 18.8. The Balaban J connectivity index is 1.53. The van der Waals surface area contributed by atoms with Gasteiger partial charge in [-0.1, -0.05) is 26.0 Å². The van der Waals surface area contributed by atoms with Gasteiger partial charge in [-0.05, 0) is 61.2 Å². The van der Waals surface area contributed by atoms with Crippen LogP contribution in [0, 0.1) is 11.7 Å². The van der Waals surface area contributed by atoms with Gasteiger partial charge < -0.3 is 10.1 Å². The lowest BCUT2D eigenvalue weighted by atomic mass is 10.1. The van der Waals surface area contributed by atoms with Crippen molar-refractivity contribution in [3.8, 4) is 17.3 Å². The Morgan fingerprint density at radius 1 is 1.10 bits per heavy atom. The van der Waals surface area contributed by atoms with Gasteiger partial charge in [0.2, 0.25) is 15.9 Å². The Kier molecular flexibility index (Phi) is 8.74. The molecule has 0 radical (unpaired) electrons. The van der Waals surface area contributed by atoms with Gasteiger partial charge in [-0.3, -0.25) is 4.79 Å². The summed E-state index contributed by atoms with van der Waals surface area (Å²) < 4.78 is 85.3. The number of halogens is 4. The topological polar surface area (TPSA) is 101 Å². The number of nitrogens with zero attached hydrogens (tertiary/aromatic N) is 3. The van der Waals surface area contributed by atoms with Gasteiger partial charge in [0.25, 0.3) is 0 Å². The average molecular weight is 581 g/mol. The van der Waals surface area contributed by atoms with Crippen molar-refractivity contribution >= 4 is 15.9 Å². The van der Waals surface area contributed by atoms with Crippen LogP contribution in [0.1, 0.15) is 37.9 Å². The molecule has 0 spiro atoms. The van der Waals surface area contributed by atoms with Crippen molar-refractivity contribution in [1.82, 2.24) is 19.6 Å². The number of hydrogen-bond donors (Lipinski definition) is 1. The van der Waals surface area contributed by atoms with Crippen LogP contribution in [-0.2, 0) is 27.5 Å². The molecule has 1 atom stereocenters. The number of aromatic nitrogens is 2. The molecule has 1 unspecified atom stereocenters. The maximum Gasteiger partial charge on any atom is 0.416 e. The van der Waals surface area contributed by atoms with Crippen molar-refractivity contribution in [3.63, 3.8) is 0 Å². The molecule has 1 aliphatic heterocycles. The molecule has 1 saturated heterocycles. The molecule has 0 aliphatic carbocycles. The number of sulfonamides is 1. The molecular formula is C27H28F4N4O4S. The summed E-state index contributed by atoms with van der Waals surface area (Å²) in [6.45, 7) is 4.17. The van der Waals surface area contributed by atoms with Crippen LogP contribution >= 0.6 is 0 Å². The van der Waals surface area contributed by atoms with Crippen LogP contribution in [0.15, 0.2) is 59.5 Å². The van der Waals surface area contributed by atoms with Crippen molar-refractivity contribution in [2.75, 3.05) is 13.2 Å². The fraction of sp³-hybridized carbons (Fsp3) is 0.370. The zero-order valence-corrected chi connectivity index (χ0v) is 22.6. The van der Waals surface area contributed by atoms with E-state index in [1.807, 2.05) is 13.8 Å². The number of alkyl halides is 3. The lowest BCUT2D eigenvalue weighted by Crippen LogP contribution is -2.45. The van der Waals surface area contributed by atoms with Crippen LogP contribution in [0.2, 0.25) is 0 Å². The second-order valence-electron chi connectivity index (χ2n) is 9.75. The Bertz CT molecular complexity index is 1450. The molecule has 214 valence electrons. The third-order valence-electron chi connectivity index (χ3n) is 6.18. The summed E-state index contributed by atoms with van der Waals surface area (Å²) >= 11 is 0. The third-order valence-corrected chi connectivity index (χ3v) is 8.11. The summed E-state index contributed by atoms with van der Waals surface area (Å²) in [5, 5.41) is 2.70. The summed E-state index contributed by atoms with van der Waals surface area (Å²) in [6, 6.07) is 9.41. The molecule has 40 heavy (non-hydrogen) atoms. The highest BCUT2D eigenvalue weighted by Crippen LogP contribution is 2.31. The van der Waals surface area contributed by atoms with Gasteiger partial charge in [0.1, 0.15) is 11.9 Å². The van der Waals surface area contributed by atoms with Gasteiger partial charge in [0, 0.05) is 12.1 Å². The number of rotatable bonds is 9. The highest BCUT2D eigenvalue weighted by atomic mass is 32.2. The van der Waals surface area contributed by atoms with Crippen LogP contribution in [0.5, 0.6) is 6.01 Å². The highest BCUT2D eigenvalue weighted by molar-refractivity contribution is 7.89. The number of ether oxygens (including phenoxy) is 1. The van der Waals surface area contributed by atoms with E-state index in [1.54, 1.807) is 0 Å². The smallest absolute Gasteiger partial charge is 0.416 e. The number of nitrogens with one attached hydrogen (secondary N) is 1. The first-order valence-electron chi connectivity index (χ1n) is 12.6. The zero-order chi connectivity index (χ0) is 29.1. The molecule has 0 bridgehead atoms. The van der Waals surface area contributed by atoms with E-state index in [0.717, 1.165) is 40.7 Å². The Morgan fingerprint density at radius 3 is 2.40 bits per heavy atom. The van der Waals surface area contributed by atoms with E-state index in [-0.39, 0.29) is 29.9 Å². The fourth-order valence-corrected chi connectivity index (χ4v) is 5.83. The minimum atomic E-state index is -4.48. The van der Waals surface area contributed by atoms with Gasteiger partial charge in [-0.25, -0.2) is 12.8 Å². The molecule has 1 aromatic heterocycles. The van der Waals surface area contributed by atoms with Crippen LogP contribution in [0.25, 0.3) is 11.3 Å². The minimum absolute atomic E-state index is 0.00303. The summed E-state index contributed by atoms with van der Waals surface area (Å²) in [6.07, 6.45) is -3.71. The Labute approximate surface area is 229 Å². The first kappa shape index (κ1) is 29.4. The molecule has 13 heteroatoms. The molecule has 1 amide bonds. The second kappa shape index (κ2) is 11.9.